The predicted molar refractivity (Wildman–Crippen MR) is 96.5 cm³/mol. The zero-order valence-electron chi connectivity index (χ0n) is 13.7. The van der Waals surface area contributed by atoms with Crippen molar-refractivity contribution in [1.82, 2.24) is 15.0 Å². The van der Waals surface area contributed by atoms with Crippen LogP contribution in [0, 0.1) is 0 Å². The smallest absolute Gasteiger partial charge is 0.411 e. The summed E-state index contributed by atoms with van der Waals surface area (Å²) in [7, 11) is 0. The van der Waals surface area contributed by atoms with Gasteiger partial charge in [0.05, 0.1) is 34.0 Å². The van der Waals surface area contributed by atoms with Gasteiger partial charge < -0.3 is 10.1 Å². The lowest BCUT2D eigenvalue weighted by atomic mass is 10.0. The van der Waals surface area contributed by atoms with Crippen LogP contribution >= 0.6 is 11.6 Å². The van der Waals surface area contributed by atoms with E-state index in [9.17, 15) is 9.90 Å². The van der Waals surface area contributed by atoms with E-state index in [0.29, 0.717) is 17.3 Å². The van der Waals surface area contributed by atoms with Gasteiger partial charge in [0.15, 0.2) is 0 Å². The van der Waals surface area contributed by atoms with Gasteiger partial charge in [-0.1, -0.05) is 11.6 Å². The molecule has 1 aromatic carbocycles. The standard InChI is InChI=1S/C18H17ClN4O2/c1-10(17-21-13-5-4-11(19)9-15(13)22-17)12-6-7-16-14(20-12)3-2-8-23(16)18(24)25/h4-7,9-10H,2-3,8H2,1H3,(H,21,22)(H,24,25)/t10-/m0/s1. The molecule has 25 heavy (non-hydrogen) atoms. The topological polar surface area (TPSA) is 82.1 Å². The normalized spacial score (nSPS) is 15.2. The van der Waals surface area contributed by atoms with Crippen LogP contribution in [0.2, 0.25) is 5.02 Å². The van der Waals surface area contributed by atoms with Gasteiger partial charge in [0, 0.05) is 11.6 Å². The van der Waals surface area contributed by atoms with E-state index in [1.807, 2.05) is 37.3 Å². The summed E-state index contributed by atoms with van der Waals surface area (Å²) in [5.74, 6) is 0.785. The van der Waals surface area contributed by atoms with Crippen LogP contribution in [0.4, 0.5) is 10.5 Å². The number of anilines is 1. The van der Waals surface area contributed by atoms with Crippen LogP contribution in [0.1, 0.15) is 36.5 Å². The number of aromatic nitrogens is 3. The molecule has 128 valence electrons. The van der Waals surface area contributed by atoms with Gasteiger partial charge in [-0.2, -0.15) is 0 Å². The minimum Gasteiger partial charge on any atom is -0.465 e. The molecule has 0 fully saturated rings. The Balaban J connectivity index is 1.70. The summed E-state index contributed by atoms with van der Waals surface area (Å²) in [5.41, 5.74) is 4.14. The van der Waals surface area contributed by atoms with E-state index in [-0.39, 0.29) is 5.92 Å². The highest BCUT2D eigenvalue weighted by Crippen LogP contribution is 2.30. The Kier molecular flexibility index (Phi) is 3.84. The molecule has 0 saturated carbocycles. The number of benzene rings is 1. The molecule has 1 amide bonds. The van der Waals surface area contributed by atoms with Crippen LogP contribution in [-0.4, -0.2) is 32.7 Å². The average Bonchev–Trinajstić information content (AvgIpc) is 3.03. The summed E-state index contributed by atoms with van der Waals surface area (Å²) < 4.78 is 0. The van der Waals surface area contributed by atoms with Crippen molar-refractivity contribution in [1.29, 1.82) is 0 Å². The second kappa shape index (κ2) is 6.04. The number of H-pyrrole nitrogens is 1. The fourth-order valence-corrected chi connectivity index (χ4v) is 3.42. The van der Waals surface area contributed by atoms with Crippen LogP contribution in [0.15, 0.2) is 30.3 Å². The molecule has 0 unspecified atom stereocenters. The molecule has 2 aromatic heterocycles. The summed E-state index contributed by atoms with van der Waals surface area (Å²) >= 11 is 6.03. The minimum absolute atomic E-state index is 0.0309. The van der Waals surface area contributed by atoms with E-state index in [0.717, 1.165) is 41.1 Å². The second-order valence-corrected chi connectivity index (χ2v) is 6.68. The summed E-state index contributed by atoms with van der Waals surface area (Å²) in [5, 5.41) is 9.98. The van der Waals surface area contributed by atoms with Crippen molar-refractivity contribution >= 4 is 34.4 Å². The monoisotopic (exact) mass is 356 g/mol. The number of imidazole rings is 1. The van der Waals surface area contributed by atoms with Crippen LogP contribution in [0.25, 0.3) is 11.0 Å². The van der Waals surface area contributed by atoms with Gasteiger partial charge in [0.2, 0.25) is 0 Å². The lowest BCUT2D eigenvalue weighted by molar-refractivity contribution is 0.201. The molecule has 3 aromatic rings. The quantitative estimate of drug-likeness (QED) is 0.721. The number of nitrogens with zero attached hydrogens (tertiary/aromatic N) is 3. The molecule has 0 radical (unpaired) electrons. The van der Waals surface area contributed by atoms with E-state index >= 15 is 0 Å². The summed E-state index contributed by atoms with van der Waals surface area (Å²) in [6.45, 7) is 2.55. The van der Waals surface area contributed by atoms with Crippen LogP contribution in [0.3, 0.4) is 0 Å². The van der Waals surface area contributed by atoms with Gasteiger partial charge >= 0.3 is 6.09 Å². The number of pyridine rings is 1. The van der Waals surface area contributed by atoms with Crippen molar-refractivity contribution in [2.24, 2.45) is 0 Å². The molecule has 6 nitrogen and oxygen atoms in total. The maximum Gasteiger partial charge on any atom is 0.411 e. The Bertz CT molecular complexity index is 969. The van der Waals surface area contributed by atoms with Gasteiger partial charge in [-0.05, 0) is 50.1 Å². The van der Waals surface area contributed by atoms with Gasteiger partial charge in [-0.15, -0.1) is 0 Å². The van der Waals surface area contributed by atoms with Crippen molar-refractivity contribution in [2.45, 2.75) is 25.7 Å². The molecule has 0 aliphatic carbocycles. The largest absolute Gasteiger partial charge is 0.465 e. The zero-order chi connectivity index (χ0) is 17.6. The molecule has 1 atom stereocenters. The number of hydrogen-bond acceptors (Lipinski definition) is 3. The number of carboxylic acid groups (broad SMARTS) is 1. The van der Waals surface area contributed by atoms with Gasteiger partial charge in [0.25, 0.3) is 0 Å². The highest BCUT2D eigenvalue weighted by Gasteiger charge is 2.24. The van der Waals surface area contributed by atoms with Crippen LogP contribution < -0.4 is 4.90 Å². The Hall–Kier alpha value is -2.60. The average molecular weight is 357 g/mol. The van der Waals surface area contributed by atoms with Crippen molar-refractivity contribution in [2.75, 3.05) is 11.4 Å². The number of aromatic amines is 1. The first kappa shape index (κ1) is 15.9. The van der Waals surface area contributed by atoms with Gasteiger partial charge in [-0.3, -0.25) is 9.88 Å². The van der Waals surface area contributed by atoms with E-state index in [1.165, 1.54) is 4.90 Å². The first-order valence-electron chi connectivity index (χ1n) is 8.18. The number of nitrogens with one attached hydrogen (secondary N) is 1. The number of aryl methyl sites for hydroxylation is 1. The van der Waals surface area contributed by atoms with Gasteiger partial charge in [-0.25, -0.2) is 9.78 Å². The van der Waals surface area contributed by atoms with E-state index in [2.05, 4.69) is 9.97 Å². The molecular weight excluding hydrogens is 340 g/mol. The third kappa shape index (κ3) is 2.82. The molecule has 7 heteroatoms. The number of fused-ring (bicyclic) bond motifs is 2. The van der Waals surface area contributed by atoms with E-state index < -0.39 is 6.09 Å². The lowest BCUT2D eigenvalue weighted by Crippen LogP contribution is -2.34. The summed E-state index contributed by atoms with van der Waals surface area (Å²) in [6, 6.07) is 9.28. The maximum absolute atomic E-state index is 11.4. The molecule has 3 heterocycles. The number of halogens is 1. The molecule has 0 spiro atoms. The Labute approximate surface area is 149 Å². The number of carbonyl (C=O) groups is 1. The first-order valence-corrected chi connectivity index (χ1v) is 8.56. The molecule has 2 N–H and O–H groups in total. The molecule has 1 aliphatic heterocycles. The van der Waals surface area contributed by atoms with Crippen molar-refractivity contribution < 1.29 is 9.90 Å². The molecule has 1 aliphatic rings. The lowest BCUT2D eigenvalue weighted by Gasteiger charge is -2.26. The molecule has 4 rings (SSSR count). The number of hydrogen-bond donors (Lipinski definition) is 2. The molecule has 0 bridgehead atoms. The van der Waals surface area contributed by atoms with Crippen molar-refractivity contribution in [3.8, 4) is 0 Å². The number of amides is 1. The third-order valence-electron chi connectivity index (χ3n) is 4.60. The van der Waals surface area contributed by atoms with Crippen LogP contribution in [0.5, 0.6) is 0 Å². The molecular formula is C18H17ClN4O2. The minimum atomic E-state index is -0.933. The van der Waals surface area contributed by atoms with Crippen molar-refractivity contribution in [3.63, 3.8) is 0 Å². The Morgan fingerprint density at radius 1 is 1.32 bits per heavy atom. The SMILES string of the molecule is C[C@@H](c1ccc2c(n1)CCCN2C(=O)O)c1nc2ccc(Cl)cc2[nH]1. The number of rotatable bonds is 2. The predicted octanol–water partition coefficient (Wildman–Crippen LogP) is 4.19. The molecule has 0 saturated heterocycles. The first-order chi connectivity index (χ1) is 12.0. The maximum atomic E-state index is 11.4. The van der Waals surface area contributed by atoms with E-state index in [1.54, 1.807) is 0 Å². The summed E-state index contributed by atoms with van der Waals surface area (Å²) in [6.07, 6.45) is 0.639. The Morgan fingerprint density at radius 2 is 2.16 bits per heavy atom. The Morgan fingerprint density at radius 3 is 2.96 bits per heavy atom. The zero-order valence-corrected chi connectivity index (χ0v) is 14.4. The second-order valence-electron chi connectivity index (χ2n) is 6.24. The van der Waals surface area contributed by atoms with Crippen LogP contribution in [-0.2, 0) is 6.42 Å². The summed E-state index contributed by atoms with van der Waals surface area (Å²) in [4.78, 5) is 25.4. The highest BCUT2D eigenvalue weighted by atomic mass is 35.5. The van der Waals surface area contributed by atoms with E-state index in [4.69, 9.17) is 16.6 Å². The fourth-order valence-electron chi connectivity index (χ4n) is 3.25. The van der Waals surface area contributed by atoms with Crippen molar-refractivity contribution in [3.05, 3.63) is 52.6 Å². The third-order valence-corrected chi connectivity index (χ3v) is 4.84. The highest BCUT2D eigenvalue weighted by molar-refractivity contribution is 6.31. The van der Waals surface area contributed by atoms with Gasteiger partial charge in [0.1, 0.15) is 5.82 Å². The fraction of sp³-hybridized carbons (Fsp3) is 0.278.